The topological polar surface area (TPSA) is 98.7 Å². The van der Waals surface area contributed by atoms with Gasteiger partial charge in [0.25, 0.3) is 0 Å². The molecule has 1 aromatic rings. The lowest BCUT2D eigenvalue weighted by atomic mass is 9.79. The van der Waals surface area contributed by atoms with Gasteiger partial charge < -0.3 is 10.6 Å². The third kappa shape index (κ3) is 7.93. The highest BCUT2D eigenvalue weighted by Crippen LogP contribution is 2.28. The molecule has 7 nitrogen and oxygen atoms in total. The van der Waals surface area contributed by atoms with E-state index < -0.39 is 17.4 Å². The number of benzene rings is 1. The van der Waals surface area contributed by atoms with Crippen LogP contribution in [-0.4, -0.2) is 47.1 Å². The molecule has 1 unspecified atom stereocenters. The third-order valence-electron chi connectivity index (χ3n) is 6.40. The van der Waals surface area contributed by atoms with Crippen LogP contribution in [0.2, 0.25) is 0 Å². The number of hydroxylamine groups is 2. The Balaban J connectivity index is 2.19. The van der Waals surface area contributed by atoms with Crippen LogP contribution < -0.4 is 10.6 Å². The maximum atomic E-state index is 13.3. The average molecular weight is 446 g/mol. The Morgan fingerprint density at radius 3 is 2.41 bits per heavy atom. The van der Waals surface area contributed by atoms with Gasteiger partial charge in [0, 0.05) is 6.04 Å². The van der Waals surface area contributed by atoms with Crippen molar-refractivity contribution in [1.82, 2.24) is 15.7 Å². The Morgan fingerprint density at radius 2 is 1.81 bits per heavy atom. The zero-order chi connectivity index (χ0) is 23.6. The predicted octanol–water partition coefficient (Wildman–Crippen LogP) is 3.45. The van der Waals surface area contributed by atoms with E-state index in [1.54, 1.807) is 0 Å². The molecule has 3 amide bonds. The number of nitrogens with one attached hydrogen (secondary N) is 2. The van der Waals surface area contributed by atoms with Gasteiger partial charge in [-0.1, -0.05) is 76.8 Å². The van der Waals surface area contributed by atoms with E-state index in [4.69, 9.17) is 0 Å². The molecule has 0 spiro atoms. The molecule has 3 N–H and O–H groups in total. The van der Waals surface area contributed by atoms with Gasteiger partial charge in [-0.05, 0) is 36.7 Å². The van der Waals surface area contributed by atoms with E-state index in [-0.39, 0.29) is 24.4 Å². The lowest BCUT2D eigenvalue weighted by Crippen LogP contribution is -2.58. The lowest BCUT2D eigenvalue weighted by molar-refractivity contribution is -0.155. The molecule has 1 aromatic carbocycles. The molecule has 0 heterocycles. The first-order valence-electron chi connectivity index (χ1n) is 11.8. The van der Waals surface area contributed by atoms with Crippen LogP contribution in [0.15, 0.2) is 30.3 Å². The molecule has 32 heavy (non-hydrogen) atoms. The largest absolute Gasteiger partial charge is 0.352 e. The van der Waals surface area contributed by atoms with Crippen LogP contribution in [0.3, 0.4) is 0 Å². The summed E-state index contributed by atoms with van der Waals surface area (Å²) in [6.07, 6.45) is 7.66. The van der Waals surface area contributed by atoms with Crippen molar-refractivity contribution in [2.45, 2.75) is 84.2 Å². The van der Waals surface area contributed by atoms with E-state index in [9.17, 15) is 19.6 Å². The van der Waals surface area contributed by atoms with E-state index >= 15 is 0 Å². The molecule has 1 aliphatic carbocycles. The van der Waals surface area contributed by atoms with Gasteiger partial charge in [-0.2, -0.15) is 0 Å². The molecule has 2 atom stereocenters. The van der Waals surface area contributed by atoms with Gasteiger partial charge in [0.1, 0.15) is 6.04 Å². The van der Waals surface area contributed by atoms with Gasteiger partial charge in [-0.3, -0.25) is 19.6 Å². The molecule has 0 bridgehead atoms. The van der Waals surface area contributed by atoms with E-state index in [2.05, 4.69) is 17.6 Å². The zero-order valence-electron chi connectivity index (χ0n) is 19.7. The molecule has 178 valence electrons. The summed E-state index contributed by atoms with van der Waals surface area (Å²) in [6, 6.07) is 8.90. The van der Waals surface area contributed by atoms with E-state index in [0.717, 1.165) is 44.1 Å². The maximum Gasteiger partial charge on any atom is 0.243 e. The van der Waals surface area contributed by atoms with Gasteiger partial charge >= 0.3 is 0 Å². The van der Waals surface area contributed by atoms with Gasteiger partial charge in [0.15, 0.2) is 0 Å². The Labute approximate surface area is 191 Å². The fourth-order valence-corrected chi connectivity index (χ4v) is 4.60. The van der Waals surface area contributed by atoms with Crippen LogP contribution in [0.5, 0.6) is 0 Å². The first-order chi connectivity index (χ1) is 15.3. The fraction of sp³-hybridized carbons (Fsp3) is 0.640. The first kappa shape index (κ1) is 25.8. The van der Waals surface area contributed by atoms with Gasteiger partial charge in [-0.15, -0.1) is 0 Å². The third-order valence-corrected chi connectivity index (χ3v) is 6.40. The van der Waals surface area contributed by atoms with Crippen molar-refractivity contribution in [3.05, 3.63) is 35.9 Å². The van der Waals surface area contributed by atoms with Crippen molar-refractivity contribution in [3.8, 4) is 0 Å². The molecule has 1 saturated carbocycles. The highest BCUT2D eigenvalue weighted by molar-refractivity contribution is 5.89. The second-order valence-corrected chi connectivity index (χ2v) is 9.64. The minimum atomic E-state index is -0.696. The molecule has 0 radical (unpaired) electrons. The number of amides is 3. The standard InChI is InChI=1S/C25H39N3O4/c1-4-15-25(2,3)22(24(31)26-21-13-9-6-10-14-21)27-23(30)20(17-28(32)18-29)16-19-11-7-5-8-12-19/h5,7-8,11-12,18,20-22,32H,4,6,9-10,13-17H2,1-3H3,(H,26,31)(H,27,30)/t20?,22-/m1/s1. The second kappa shape index (κ2) is 12.6. The normalized spacial score (nSPS) is 16.6. The zero-order valence-corrected chi connectivity index (χ0v) is 19.7. The van der Waals surface area contributed by atoms with Gasteiger partial charge in [0.05, 0.1) is 12.5 Å². The second-order valence-electron chi connectivity index (χ2n) is 9.64. The number of rotatable bonds is 12. The summed E-state index contributed by atoms with van der Waals surface area (Å²) in [5, 5.41) is 16.4. The lowest BCUT2D eigenvalue weighted by Gasteiger charge is -2.36. The summed E-state index contributed by atoms with van der Waals surface area (Å²) in [5.41, 5.74) is 0.479. The number of carbonyl (C=O) groups is 3. The molecule has 2 rings (SSSR count). The maximum absolute atomic E-state index is 13.3. The quantitative estimate of drug-likeness (QED) is 0.261. The van der Waals surface area contributed by atoms with Crippen LogP contribution in [0.1, 0.15) is 71.3 Å². The van der Waals surface area contributed by atoms with Crippen molar-refractivity contribution in [2.75, 3.05) is 6.54 Å². The van der Waals surface area contributed by atoms with E-state index in [1.807, 2.05) is 44.2 Å². The SMILES string of the molecule is CCCC(C)(C)[C@H](NC(=O)C(Cc1ccccc1)CN(O)C=O)C(=O)NC1CCCCC1. The van der Waals surface area contributed by atoms with Crippen molar-refractivity contribution in [3.63, 3.8) is 0 Å². The Kier molecular flexibility index (Phi) is 10.2. The summed E-state index contributed by atoms with van der Waals surface area (Å²) in [5.74, 6) is -1.18. The Hall–Kier alpha value is -2.41. The molecule has 1 aliphatic rings. The molecule has 7 heteroatoms. The minimum absolute atomic E-state index is 0.143. The van der Waals surface area contributed by atoms with Crippen molar-refractivity contribution in [2.24, 2.45) is 11.3 Å². The first-order valence-corrected chi connectivity index (χ1v) is 11.8. The van der Waals surface area contributed by atoms with Crippen molar-refractivity contribution in [1.29, 1.82) is 0 Å². The summed E-state index contributed by atoms with van der Waals surface area (Å²) in [7, 11) is 0. The number of carbonyl (C=O) groups excluding carboxylic acids is 3. The highest BCUT2D eigenvalue weighted by Gasteiger charge is 2.38. The average Bonchev–Trinajstić information content (AvgIpc) is 2.77. The monoisotopic (exact) mass is 445 g/mol. The molecule has 0 aliphatic heterocycles. The van der Waals surface area contributed by atoms with Gasteiger partial charge in [-0.25, -0.2) is 5.06 Å². The summed E-state index contributed by atoms with van der Waals surface area (Å²) in [4.78, 5) is 37.6. The fourth-order valence-electron chi connectivity index (χ4n) is 4.60. The molecule has 1 fully saturated rings. The summed E-state index contributed by atoms with van der Waals surface area (Å²) < 4.78 is 0. The van der Waals surface area contributed by atoms with E-state index in [1.165, 1.54) is 6.42 Å². The number of hydrogen-bond acceptors (Lipinski definition) is 4. The van der Waals surface area contributed by atoms with Crippen LogP contribution >= 0.6 is 0 Å². The van der Waals surface area contributed by atoms with Crippen molar-refractivity contribution < 1.29 is 19.6 Å². The van der Waals surface area contributed by atoms with Crippen LogP contribution in [-0.2, 0) is 20.8 Å². The van der Waals surface area contributed by atoms with Crippen molar-refractivity contribution >= 4 is 18.2 Å². The Bertz CT molecular complexity index is 732. The smallest absolute Gasteiger partial charge is 0.243 e. The predicted molar refractivity (Wildman–Crippen MR) is 124 cm³/mol. The Morgan fingerprint density at radius 1 is 1.16 bits per heavy atom. The van der Waals surface area contributed by atoms with Crippen LogP contribution in [0.25, 0.3) is 0 Å². The molecule has 0 saturated heterocycles. The number of nitrogens with zero attached hydrogens (tertiary/aromatic N) is 1. The molecule has 0 aromatic heterocycles. The van der Waals surface area contributed by atoms with E-state index in [0.29, 0.717) is 17.9 Å². The van der Waals surface area contributed by atoms with Gasteiger partial charge in [0.2, 0.25) is 18.2 Å². The van der Waals surface area contributed by atoms with Crippen LogP contribution in [0.4, 0.5) is 0 Å². The highest BCUT2D eigenvalue weighted by atomic mass is 16.5. The molecular weight excluding hydrogens is 406 g/mol. The summed E-state index contributed by atoms with van der Waals surface area (Å²) in [6.45, 7) is 5.91. The summed E-state index contributed by atoms with van der Waals surface area (Å²) >= 11 is 0. The van der Waals surface area contributed by atoms with Crippen LogP contribution in [0, 0.1) is 11.3 Å². The molecular formula is C25H39N3O4. The minimum Gasteiger partial charge on any atom is -0.352 e. The number of hydrogen-bond donors (Lipinski definition) is 3.